The molecular weight excluding hydrogens is 298 g/mol. The fourth-order valence-corrected chi connectivity index (χ4v) is 1.96. The maximum atomic E-state index is 11.0. The Morgan fingerprint density at radius 2 is 2.11 bits per heavy atom. The Hall–Kier alpha value is -1.88. The Morgan fingerprint density at radius 3 is 2.78 bits per heavy atom. The van der Waals surface area contributed by atoms with Crippen molar-refractivity contribution in [3.8, 4) is 11.5 Å². The molecule has 0 atom stereocenters. The molecule has 5 heteroatoms. The normalized spacial score (nSPS) is 10.1. The van der Waals surface area contributed by atoms with Gasteiger partial charge in [-0.05, 0) is 36.8 Å². The molecule has 0 spiro atoms. The van der Waals surface area contributed by atoms with Gasteiger partial charge in [0, 0.05) is 10.7 Å². The summed E-state index contributed by atoms with van der Waals surface area (Å²) in [5.74, 6) is -0.203. The molecular formula is C13H10BrNO3. The quantitative estimate of drug-likeness (QED) is 0.940. The van der Waals surface area contributed by atoms with Crippen LogP contribution in [0.25, 0.3) is 0 Å². The van der Waals surface area contributed by atoms with E-state index in [9.17, 15) is 4.79 Å². The van der Waals surface area contributed by atoms with Crippen molar-refractivity contribution < 1.29 is 14.6 Å². The predicted octanol–water partition coefficient (Wildman–Crippen LogP) is 3.64. The number of ether oxygens (including phenoxy) is 1. The highest BCUT2D eigenvalue weighted by atomic mass is 79.9. The van der Waals surface area contributed by atoms with Crippen molar-refractivity contribution in [1.82, 2.24) is 4.98 Å². The summed E-state index contributed by atoms with van der Waals surface area (Å²) in [5, 5.41) is 9.04. The molecule has 0 unspecified atom stereocenters. The molecule has 1 N–H and O–H groups in total. The minimum absolute atomic E-state index is 0.0901. The van der Waals surface area contributed by atoms with Crippen LogP contribution < -0.4 is 4.74 Å². The van der Waals surface area contributed by atoms with Crippen LogP contribution in [-0.2, 0) is 0 Å². The van der Waals surface area contributed by atoms with Crippen LogP contribution in [0.1, 0.15) is 15.9 Å². The van der Waals surface area contributed by atoms with Gasteiger partial charge in [-0.15, -0.1) is 0 Å². The molecule has 0 aliphatic heterocycles. The van der Waals surface area contributed by atoms with Crippen LogP contribution in [0.4, 0.5) is 0 Å². The summed E-state index contributed by atoms with van der Waals surface area (Å²) in [6.07, 6.45) is 2.82. The number of hydrogen-bond donors (Lipinski definition) is 1. The molecule has 0 saturated heterocycles. The van der Waals surface area contributed by atoms with Crippen LogP contribution in [-0.4, -0.2) is 16.1 Å². The van der Waals surface area contributed by atoms with Crippen LogP contribution >= 0.6 is 15.9 Å². The van der Waals surface area contributed by atoms with Crippen molar-refractivity contribution >= 4 is 21.9 Å². The number of rotatable bonds is 3. The van der Waals surface area contributed by atoms with Gasteiger partial charge in [-0.25, -0.2) is 4.79 Å². The fourth-order valence-electron chi connectivity index (χ4n) is 1.48. The first kappa shape index (κ1) is 12.6. The van der Waals surface area contributed by atoms with Crippen LogP contribution in [0.15, 0.2) is 41.1 Å². The minimum atomic E-state index is -1.04. The standard InChI is InChI=1S/C13H10BrNO3/c1-8-6-9(14)2-3-11(8)18-12-7-15-5-4-10(12)13(16)17/h2-7H,1H3,(H,16,17). The lowest BCUT2D eigenvalue weighted by molar-refractivity contribution is 0.0694. The fraction of sp³-hybridized carbons (Fsp3) is 0.0769. The van der Waals surface area contributed by atoms with Crippen LogP contribution in [0.5, 0.6) is 11.5 Å². The van der Waals surface area contributed by atoms with Crippen LogP contribution in [0.3, 0.4) is 0 Å². The lowest BCUT2D eigenvalue weighted by Gasteiger charge is -2.10. The molecule has 92 valence electrons. The second kappa shape index (κ2) is 5.18. The Balaban J connectivity index is 2.37. The number of aromatic nitrogens is 1. The lowest BCUT2D eigenvalue weighted by atomic mass is 10.2. The maximum absolute atomic E-state index is 11.0. The zero-order chi connectivity index (χ0) is 13.1. The van der Waals surface area contributed by atoms with E-state index in [2.05, 4.69) is 20.9 Å². The van der Waals surface area contributed by atoms with E-state index in [4.69, 9.17) is 9.84 Å². The highest BCUT2D eigenvalue weighted by Crippen LogP contribution is 2.29. The van der Waals surface area contributed by atoms with E-state index in [0.717, 1.165) is 10.0 Å². The largest absolute Gasteiger partial charge is 0.478 e. The van der Waals surface area contributed by atoms with Gasteiger partial charge < -0.3 is 9.84 Å². The molecule has 2 aromatic rings. The number of halogens is 1. The highest BCUT2D eigenvalue weighted by molar-refractivity contribution is 9.10. The molecule has 0 aliphatic carbocycles. The predicted molar refractivity (Wildman–Crippen MR) is 70.1 cm³/mol. The van der Waals surface area contributed by atoms with Gasteiger partial charge in [0.15, 0.2) is 5.75 Å². The molecule has 0 radical (unpaired) electrons. The van der Waals surface area contributed by atoms with E-state index in [-0.39, 0.29) is 11.3 Å². The van der Waals surface area contributed by atoms with Gasteiger partial charge in [-0.2, -0.15) is 0 Å². The number of aromatic carboxylic acids is 1. The number of nitrogens with zero attached hydrogens (tertiary/aromatic N) is 1. The summed E-state index contributed by atoms with van der Waals surface area (Å²) >= 11 is 3.36. The average molecular weight is 308 g/mol. The molecule has 0 fully saturated rings. The second-order valence-electron chi connectivity index (χ2n) is 3.69. The van der Waals surface area contributed by atoms with Crippen LogP contribution in [0.2, 0.25) is 0 Å². The number of hydrogen-bond acceptors (Lipinski definition) is 3. The smallest absolute Gasteiger partial charge is 0.339 e. The molecule has 0 saturated carbocycles. The number of carboxylic acid groups (broad SMARTS) is 1. The first-order chi connectivity index (χ1) is 8.58. The number of pyridine rings is 1. The number of carbonyl (C=O) groups is 1. The molecule has 0 aliphatic rings. The van der Waals surface area contributed by atoms with Gasteiger partial charge >= 0.3 is 5.97 Å². The number of aryl methyl sites for hydroxylation is 1. The first-order valence-corrected chi connectivity index (χ1v) is 5.98. The molecule has 4 nitrogen and oxygen atoms in total. The average Bonchev–Trinajstić information content (AvgIpc) is 2.33. The first-order valence-electron chi connectivity index (χ1n) is 5.19. The van der Waals surface area contributed by atoms with Gasteiger partial charge in [0.05, 0.1) is 6.20 Å². The van der Waals surface area contributed by atoms with Gasteiger partial charge in [0.2, 0.25) is 0 Å². The Bertz CT molecular complexity index is 599. The van der Waals surface area contributed by atoms with Crippen molar-refractivity contribution in [2.75, 3.05) is 0 Å². The van der Waals surface area contributed by atoms with Gasteiger partial charge in [-0.1, -0.05) is 15.9 Å². The van der Waals surface area contributed by atoms with E-state index >= 15 is 0 Å². The minimum Gasteiger partial charge on any atom is -0.478 e. The van der Waals surface area contributed by atoms with Crippen molar-refractivity contribution in [2.24, 2.45) is 0 Å². The topological polar surface area (TPSA) is 59.4 Å². The van der Waals surface area contributed by atoms with E-state index in [0.29, 0.717) is 5.75 Å². The Morgan fingerprint density at radius 1 is 1.33 bits per heavy atom. The van der Waals surface area contributed by atoms with Crippen molar-refractivity contribution in [3.63, 3.8) is 0 Å². The SMILES string of the molecule is Cc1cc(Br)ccc1Oc1cnccc1C(=O)O. The van der Waals surface area contributed by atoms with Gasteiger partial charge in [0.25, 0.3) is 0 Å². The zero-order valence-electron chi connectivity index (χ0n) is 9.55. The van der Waals surface area contributed by atoms with Crippen molar-refractivity contribution in [2.45, 2.75) is 6.92 Å². The van der Waals surface area contributed by atoms with E-state index in [1.165, 1.54) is 18.5 Å². The van der Waals surface area contributed by atoms with E-state index in [1.54, 1.807) is 6.07 Å². The summed E-state index contributed by atoms with van der Waals surface area (Å²) < 4.78 is 6.53. The third-order valence-corrected chi connectivity index (χ3v) is 2.87. The monoisotopic (exact) mass is 307 g/mol. The Kier molecular flexibility index (Phi) is 3.62. The van der Waals surface area contributed by atoms with Crippen LogP contribution in [0, 0.1) is 6.92 Å². The molecule has 1 aromatic heterocycles. The third-order valence-electron chi connectivity index (χ3n) is 2.37. The summed E-state index contributed by atoms with van der Waals surface area (Å²) in [5.41, 5.74) is 0.997. The van der Waals surface area contributed by atoms with Crippen molar-refractivity contribution in [1.29, 1.82) is 0 Å². The van der Waals surface area contributed by atoms with E-state index in [1.807, 2.05) is 19.1 Å². The summed E-state index contributed by atoms with van der Waals surface area (Å²) in [4.78, 5) is 14.9. The summed E-state index contributed by atoms with van der Waals surface area (Å²) in [6.45, 7) is 1.89. The molecule has 2 rings (SSSR count). The Labute approximate surface area is 112 Å². The molecule has 18 heavy (non-hydrogen) atoms. The molecule has 1 heterocycles. The van der Waals surface area contributed by atoms with Gasteiger partial charge in [-0.3, -0.25) is 4.98 Å². The maximum Gasteiger partial charge on any atom is 0.339 e. The lowest BCUT2D eigenvalue weighted by Crippen LogP contribution is -2.00. The number of benzene rings is 1. The molecule has 1 aromatic carbocycles. The van der Waals surface area contributed by atoms with E-state index < -0.39 is 5.97 Å². The van der Waals surface area contributed by atoms with Crippen molar-refractivity contribution in [3.05, 3.63) is 52.3 Å². The molecule has 0 bridgehead atoms. The third kappa shape index (κ3) is 2.68. The highest BCUT2D eigenvalue weighted by Gasteiger charge is 2.12. The molecule has 0 amide bonds. The number of carboxylic acids is 1. The summed E-state index contributed by atoms with van der Waals surface area (Å²) in [7, 11) is 0. The summed E-state index contributed by atoms with van der Waals surface area (Å²) in [6, 6.07) is 6.91. The second-order valence-corrected chi connectivity index (χ2v) is 4.60. The zero-order valence-corrected chi connectivity index (χ0v) is 11.1. The van der Waals surface area contributed by atoms with Gasteiger partial charge in [0.1, 0.15) is 11.3 Å².